The Morgan fingerprint density at radius 3 is 2.27 bits per heavy atom. The number of hydrogen-bond acceptors (Lipinski definition) is 4. The number of aromatic nitrogens is 2. The summed E-state index contributed by atoms with van der Waals surface area (Å²) < 4.78 is 10.5. The van der Waals surface area contributed by atoms with Crippen molar-refractivity contribution in [3.63, 3.8) is 0 Å². The second kappa shape index (κ2) is 8.99. The summed E-state index contributed by atoms with van der Waals surface area (Å²) in [6.45, 7) is 0. The van der Waals surface area contributed by atoms with Gasteiger partial charge in [-0.1, -0.05) is 24.3 Å². The molecule has 0 saturated heterocycles. The standard InChI is InChI=1S/C22H24N2O2/c1-25-20-11-7-17(8-12-20)9-13-22-23-15-14-19(24-22)10-6-18-4-3-5-21(16-18)26-2/h3-5,7-8,11-12,14-16H,6,9-10,13H2,1-2H3. The normalized spacial score (nSPS) is 10.5. The van der Waals surface area contributed by atoms with Crippen LogP contribution in [0.2, 0.25) is 0 Å². The highest BCUT2D eigenvalue weighted by Gasteiger charge is 2.03. The molecule has 0 aliphatic rings. The van der Waals surface area contributed by atoms with Crippen LogP contribution < -0.4 is 9.47 Å². The van der Waals surface area contributed by atoms with Crippen LogP contribution in [0.4, 0.5) is 0 Å². The Morgan fingerprint density at radius 1 is 0.731 bits per heavy atom. The van der Waals surface area contributed by atoms with Crippen LogP contribution in [0.5, 0.6) is 11.5 Å². The van der Waals surface area contributed by atoms with Crippen LogP contribution in [0.25, 0.3) is 0 Å². The van der Waals surface area contributed by atoms with Crippen molar-refractivity contribution in [2.75, 3.05) is 14.2 Å². The van der Waals surface area contributed by atoms with Crippen molar-refractivity contribution in [1.82, 2.24) is 9.97 Å². The molecule has 0 saturated carbocycles. The minimum atomic E-state index is 0.833. The lowest BCUT2D eigenvalue weighted by Crippen LogP contribution is -2.02. The molecule has 4 heteroatoms. The van der Waals surface area contributed by atoms with E-state index in [-0.39, 0.29) is 0 Å². The molecular weight excluding hydrogens is 324 g/mol. The van der Waals surface area contributed by atoms with Gasteiger partial charge in [0.15, 0.2) is 0 Å². The SMILES string of the molecule is COc1ccc(CCc2nccc(CCc3cccc(OC)c3)n2)cc1. The highest BCUT2D eigenvalue weighted by Crippen LogP contribution is 2.15. The fraction of sp³-hybridized carbons (Fsp3) is 0.273. The molecule has 0 unspecified atom stereocenters. The molecule has 0 fully saturated rings. The minimum absolute atomic E-state index is 0.833. The predicted molar refractivity (Wildman–Crippen MR) is 103 cm³/mol. The van der Waals surface area contributed by atoms with Crippen LogP contribution in [-0.2, 0) is 25.7 Å². The molecule has 0 radical (unpaired) electrons. The lowest BCUT2D eigenvalue weighted by molar-refractivity contribution is 0.414. The number of nitrogens with zero attached hydrogens (tertiary/aromatic N) is 2. The van der Waals surface area contributed by atoms with Gasteiger partial charge in [-0.3, -0.25) is 0 Å². The predicted octanol–water partition coefficient (Wildman–Crippen LogP) is 4.06. The molecule has 0 spiro atoms. The third-order valence-corrected chi connectivity index (χ3v) is 4.36. The maximum Gasteiger partial charge on any atom is 0.128 e. The number of aryl methyl sites for hydroxylation is 4. The Morgan fingerprint density at radius 2 is 1.50 bits per heavy atom. The first-order chi connectivity index (χ1) is 12.8. The van der Waals surface area contributed by atoms with Gasteiger partial charge in [-0.25, -0.2) is 9.97 Å². The second-order valence-corrected chi connectivity index (χ2v) is 6.16. The summed E-state index contributed by atoms with van der Waals surface area (Å²) in [7, 11) is 3.37. The summed E-state index contributed by atoms with van der Waals surface area (Å²) in [5.41, 5.74) is 3.59. The first-order valence-corrected chi connectivity index (χ1v) is 8.83. The smallest absolute Gasteiger partial charge is 0.128 e. The van der Waals surface area contributed by atoms with Crippen LogP contribution in [0.15, 0.2) is 60.8 Å². The van der Waals surface area contributed by atoms with Gasteiger partial charge in [-0.05, 0) is 60.7 Å². The van der Waals surface area contributed by atoms with Gasteiger partial charge < -0.3 is 9.47 Å². The zero-order chi connectivity index (χ0) is 18.2. The minimum Gasteiger partial charge on any atom is -0.497 e. The van der Waals surface area contributed by atoms with Crippen molar-refractivity contribution < 1.29 is 9.47 Å². The lowest BCUT2D eigenvalue weighted by atomic mass is 10.1. The van der Waals surface area contributed by atoms with Gasteiger partial charge in [0, 0.05) is 18.3 Å². The molecule has 1 aromatic heterocycles. The van der Waals surface area contributed by atoms with Crippen molar-refractivity contribution in [2.45, 2.75) is 25.7 Å². The third kappa shape index (κ3) is 5.06. The molecule has 3 rings (SSSR count). The molecule has 0 aliphatic heterocycles. The highest BCUT2D eigenvalue weighted by atomic mass is 16.5. The van der Waals surface area contributed by atoms with Crippen LogP contribution in [0.1, 0.15) is 22.6 Å². The van der Waals surface area contributed by atoms with Gasteiger partial charge in [0.05, 0.1) is 14.2 Å². The Kier molecular flexibility index (Phi) is 6.20. The summed E-state index contributed by atoms with van der Waals surface area (Å²) in [5, 5.41) is 0. The van der Waals surface area contributed by atoms with E-state index in [0.29, 0.717) is 0 Å². The average molecular weight is 348 g/mol. The van der Waals surface area contributed by atoms with Gasteiger partial charge in [0.2, 0.25) is 0 Å². The van der Waals surface area contributed by atoms with Gasteiger partial charge in [-0.15, -0.1) is 0 Å². The number of hydrogen-bond donors (Lipinski definition) is 0. The van der Waals surface area contributed by atoms with E-state index in [0.717, 1.165) is 48.7 Å². The number of benzene rings is 2. The van der Waals surface area contributed by atoms with Crippen LogP contribution in [0, 0.1) is 0 Å². The molecule has 0 N–H and O–H groups in total. The topological polar surface area (TPSA) is 44.2 Å². The van der Waals surface area contributed by atoms with E-state index in [1.807, 2.05) is 36.5 Å². The lowest BCUT2D eigenvalue weighted by Gasteiger charge is -2.06. The van der Waals surface area contributed by atoms with Crippen molar-refractivity contribution in [3.8, 4) is 11.5 Å². The van der Waals surface area contributed by atoms with Gasteiger partial charge in [-0.2, -0.15) is 0 Å². The average Bonchev–Trinajstić information content (AvgIpc) is 2.71. The van der Waals surface area contributed by atoms with Crippen molar-refractivity contribution in [1.29, 1.82) is 0 Å². The first kappa shape index (κ1) is 17.9. The molecule has 0 amide bonds. The Balaban J connectivity index is 1.56. The van der Waals surface area contributed by atoms with E-state index in [9.17, 15) is 0 Å². The summed E-state index contributed by atoms with van der Waals surface area (Å²) >= 11 is 0. The van der Waals surface area contributed by atoms with Gasteiger partial charge in [0.25, 0.3) is 0 Å². The van der Waals surface area contributed by atoms with E-state index < -0.39 is 0 Å². The molecule has 0 bridgehead atoms. The maximum absolute atomic E-state index is 5.28. The van der Waals surface area contributed by atoms with E-state index in [4.69, 9.17) is 14.5 Å². The van der Waals surface area contributed by atoms with E-state index in [1.54, 1.807) is 14.2 Å². The van der Waals surface area contributed by atoms with Gasteiger partial charge in [0.1, 0.15) is 17.3 Å². The highest BCUT2D eigenvalue weighted by molar-refractivity contribution is 5.29. The second-order valence-electron chi connectivity index (χ2n) is 6.16. The van der Waals surface area contributed by atoms with Crippen LogP contribution in [-0.4, -0.2) is 24.2 Å². The summed E-state index contributed by atoms with van der Waals surface area (Å²) in [6, 6.07) is 18.3. The fourth-order valence-corrected chi connectivity index (χ4v) is 2.85. The molecule has 3 aromatic rings. The zero-order valence-electron chi connectivity index (χ0n) is 15.3. The molecular formula is C22H24N2O2. The molecule has 26 heavy (non-hydrogen) atoms. The summed E-state index contributed by atoms with van der Waals surface area (Å²) in [5.74, 6) is 2.67. The third-order valence-electron chi connectivity index (χ3n) is 4.36. The molecule has 4 nitrogen and oxygen atoms in total. The van der Waals surface area contributed by atoms with Crippen molar-refractivity contribution in [3.05, 3.63) is 83.4 Å². The zero-order valence-corrected chi connectivity index (χ0v) is 15.3. The van der Waals surface area contributed by atoms with E-state index in [2.05, 4.69) is 29.2 Å². The molecule has 134 valence electrons. The fourth-order valence-electron chi connectivity index (χ4n) is 2.85. The number of rotatable bonds is 8. The Hall–Kier alpha value is -2.88. The Bertz CT molecular complexity index is 832. The van der Waals surface area contributed by atoms with Crippen molar-refractivity contribution in [2.24, 2.45) is 0 Å². The number of ether oxygens (including phenoxy) is 2. The van der Waals surface area contributed by atoms with E-state index in [1.165, 1.54) is 11.1 Å². The van der Waals surface area contributed by atoms with E-state index >= 15 is 0 Å². The van der Waals surface area contributed by atoms with Crippen LogP contribution >= 0.6 is 0 Å². The molecule has 2 aromatic carbocycles. The number of methoxy groups -OCH3 is 2. The van der Waals surface area contributed by atoms with Crippen molar-refractivity contribution >= 4 is 0 Å². The van der Waals surface area contributed by atoms with Gasteiger partial charge >= 0.3 is 0 Å². The summed E-state index contributed by atoms with van der Waals surface area (Å²) in [4.78, 5) is 9.13. The maximum atomic E-state index is 5.28. The Labute approximate surface area is 154 Å². The monoisotopic (exact) mass is 348 g/mol. The largest absolute Gasteiger partial charge is 0.497 e. The first-order valence-electron chi connectivity index (χ1n) is 8.83. The molecule has 1 heterocycles. The van der Waals surface area contributed by atoms with Crippen LogP contribution in [0.3, 0.4) is 0 Å². The molecule has 0 aliphatic carbocycles. The molecule has 0 atom stereocenters. The summed E-state index contributed by atoms with van der Waals surface area (Å²) in [6.07, 6.45) is 5.44. The quantitative estimate of drug-likeness (QED) is 0.616.